The van der Waals surface area contributed by atoms with E-state index < -0.39 is 0 Å². The molecule has 134 valence electrons. The Hall–Kier alpha value is -2.60. The number of anilines is 1. The number of likely N-dealkylation sites (N-methyl/N-ethyl adjacent to an activating group) is 1. The van der Waals surface area contributed by atoms with Crippen molar-refractivity contribution in [3.05, 3.63) is 63.5 Å². The number of aromatic nitrogens is 1. The van der Waals surface area contributed by atoms with E-state index in [0.717, 1.165) is 11.3 Å². The maximum absolute atomic E-state index is 13.3. The van der Waals surface area contributed by atoms with E-state index in [1.54, 1.807) is 29.2 Å². The zero-order valence-electron chi connectivity index (χ0n) is 14.8. The van der Waals surface area contributed by atoms with Crippen molar-refractivity contribution < 1.29 is 4.79 Å². The van der Waals surface area contributed by atoms with Crippen molar-refractivity contribution >= 4 is 28.9 Å². The normalized spacial score (nSPS) is 24.8. The summed E-state index contributed by atoms with van der Waals surface area (Å²) in [7, 11) is 3.51. The van der Waals surface area contributed by atoms with Gasteiger partial charge in [0.15, 0.2) is 0 Å². The van der Waals surface area contributed by atoms with Gasteiger partial charge < -0.3 is 9.47 Å². The number of rotatable bonds is 2. The number of nitrogens with zero attached hydrogens (tertiary/aromatic N) is 4. The molecule has 0 radical (unpaired) electrons. The lowest BCUT2D eigenvalue weighted by Gasteiger charge is -2.28. The molecule has 2 aliphatic rings. The van der Waals surface area contributed by atoms with E-state index in [4.69, 9.17) is 11.6 Å². The molecule has 0 bridgehead atoms. The van der Waals surface area contributed by atoms with Gasteiger partial charge in [0.25, 0.3) is 5.91 Å². The number of carbonyl (C=O) groups is 1. The number of halogens is 1. The number of hydrazone groups is 1. The molecule has 3 atom stereocenters. The summed E-state index contributed by atoms with van der Waals surface area (Å²) in [5, 5.41) is 6.89. The molecule has 3 heterocycles. The smallest absolute Gasteiger partial charge is 0.252 e. The second-order valence-corrected chi connectivity index (χ2v) is 7.26. The predicted octanol–water partition coefficient (Wildman–Crippen LogP) is 2.43. The summed E-state index contributed by atoms with van der Waals surface area (Å²) >= 11 is 6.05. The number of pyridine rings is 1. The Kier molecular flexibility index (Phi) is 3.88. The van der Waals surface area contributed by atoms with Crippen LogP contribution in [0, 0.1) is 5.92 Å². The van der Waals surface area contributed by atoms with Crippen molar-refractivity contribution in [2.75, 3.05) is 11.9 Å². The molecular formula is C19H19ClN4O2. The molecule has 1 amide bonds. The van der Waals surface area contributed by atoms with Crippen molar-refractivity contribution in [3.8, 4) is 0 Å². The van der Waals surface area contributed by atoms with E-state index in [1.807, 2.05) is 38.2 Å². The lowest BCUT2D eigenvalue weighted by molar-refractivity contribution is -0.121. The van der Waals surface area contributed by atoms with Gasteiger partial charge in [-0.05, 0) is 30.7 Å². The second kappa shape index (κ2) is 5.99. The average molecular weight is 371 g/mol. The fourth-order valence-electron chi connectivity index (χ4n) is 4.02. The highest BCUT2D eigenvalue weighted by Gasteiger charge is 2.55. The van der Waals surface area contributed by atoms with Crippen LogP contribution in [-0.2, 0) is 11.8 Å². The Labute approximate surface area is 156 Å². The number of benzene rings is 1. The summed E-state index contributed by atoms with van der Waals surface area (Å²) in [5.74, 6) is -0.0670. The van der Waals surface area contributed by atoms with Gasteiger partial charge in [0.2, 0.25) is 5.56 Å². The van der Waals surface area contributed by atoms with Crippen LogP contribution >= 0.6 is 11.6 Å². The number of carbonyl (C=O) groups excluding carboxylic acids is 1. The van der Waals surface area contributed by atoms with Crippen molar-refractivity contribution in [2.45, 2.75) is 19.0 Å². The minimum absolute atomic E-state index is 0.0169. The van der Waals surface area contributed by atoms with Gasteiger partial charge in [-0.3, -0.25) is 14.6 Å². The molecule has 0 aliphatic carbocycles. The zero-order valence-corrected chi connectivity index (χ0v) is 15.5. The molecular weight excluding hydrogens is 352 g/mol. The highest BCUT2D eigenvalue weighted by molar-refractivity contribution is 6.30. The Morgan fingerprint density at radius 1 is 1.00 bits per heavy atom. The third kappa shape index (κ3) is 2.44. The van der Waals surface area contributed by atoms with Gasteiger partial charge in [-0.15, -0.1) is 0 Å². The molecule has 7 heteroatoms. The summed E-state index contributed by atoms with van der Waals surface area (Å²) in [5.41, 5.74) is 2.51. The number of fused-ring (bicyclic) bond motifs is 1. The van der Waals surface area contributed by atoms with Gasteiger partial charge in [-0.1, -0.05) is 23.7 Å². The Morgan fingerprint density at radius 2 is 1.69 bits per heavy atom. The van der Waals surface area contributed by atoms with E-state index in [0.29, 0.717) is 10.7 Å². The van der Waals surface area contributed by atoms with Crippen LogP contribution < -0.4 is 10.5 Å². The van der Waals surface area contributed by atoms with Crippen LogP contribution in [0.5, 0.6) is 0 Å². The SMILES string of the molecule is CC1=NN(C)C2C(=O)N(c3ccc(=O)n(C)c3)C(c3ccc(Cl)cc3)C12. The summed E-state index contributed by atoms with van der Waals surface area (Å²) in [6.07, 6.45) is 1.71. The molecule has 0 saturated carbocycles. The third-order valence-electron chi connectivity index (χ3n) is 5.21. The van der Waals surface area contributed by atoms with Crippen LogP contribution in [0.15, 0.2) is 52.5 Å². The van der Waals surface area contributed by atoms with E-state index in [9.17, 15) is 9.59 Å². The summed E-state index contributed by atoms with van der Waals surface area (Å²) in [6, 6.07) is 10.2. The van der Waals surface area contributed by atoms with E-state index in [-0.39, 0.29) is 29.5 Å². The molecule has 6 nitrogen and oxygen atoms in total. The van der Waals surface area contributed by atoms with Gasteiger partial charge in [0, 0.05) is 37.1 Å². The van der Waals surface area contributed by atoms with E-state index in [1.165, 1.54) is 10.6 Å². The van der Waals surface area contributed by atoms with E-state index in [2.05, 4.69) is 5.10 Å². The van der Waals surface area contributed by atoms with Gasteiger partial charge in [-0.25, -0.2) is 0 Å². The molecule has 3 unspecified atom stereocenters. The fraction of sp³-hybridized carbons (Fsp3) is 0.316. The maximum Gasteiger partial charge on any atom is 0.252 e. The van der Waals surface area contributed by atoms with Crippen molar-refractivity contribution in [1.29, 1.82) is 0 Å². The van der Waals surface area contributed by atoms with Crippen molar-refractivity contribution in [2.24, 2.45) is 18.1 Å². The largest absolute Gasteiger partial charge is 0.317 e. The topological polar surface area (TPSA) is 57.9 Å². The molecule has 1 saturated heterocycles. The number of hydrogen-bond donors (Lipinski definition) is 0. The molecule has 2 aliphatic heterocycles. The lowest BCUT2D eigenvalue weighted by Crippen LogP contribution is -2.37. The molecule has 0 N–H and O–H groups in total. The van der Waals surface area contributed by atoms with Gasteiger partial charge in [0.05, 0.1) is 17.6 Å². The first kappa shape index (κ1) is 16.8. The highest BCUT2D eigenvalue weighted by Crippen LogP contribution is 2.46. The molecule has 1 fully saturated rings. The molecule has 1 aromatic carbocycles. The third-order valence-corrected chi connectivity index (χ3v) is 5.46. The fourth-order valence-corrected chi connectivity index (χ4v) is 4.15. The average Bonchev–Trinajstić information content (AvgIpc) is 3.07. The second-order valence-electron chi connectivity index (χ2n) is 6.83. The van der Waals surface area contributed by atoms with E-state index >= 15 is 0 Å². The Balaban J connectivity index is 1.88. The Bertz CT molecular complexity index is 966. The van der Waals surface area contributed by atoms with Crippen LogP contribution in [0.2, 0.25) is 5.02 Å². The quantitative estimate of drug-likeness (QED) is 0.815. The van der Waals surface area contributed by atoms with Gasteiger partial charge in [0.1, 0.15) is 6.04 Å². The van der Waals surface area contributed by atoms with Crippen LogP contribution in [0.4, 0.5) is 5.69 Å². The summed E-state index contributed by atoms with van der Waals surface area (Å²) in [6.45, 7) is 1.96. The van der Waals surface area contributed by atoms with Gasteiger partial charge in [-0.2, -0.15) is 5.10 Å². The molecule has 1 aromatic heterocycles. The Morgan fingerprint density at radius 3 is 2.35 bits per heavy atom. The summed E-state index contributed by atoms with van der Waals surface area (Å²) in [4.78, 5) is 26.8. The first-order valence-corrected chi connectivity index (χ1v) is 8.79. The molecule has 26 heavy (non-hydrogen) atoms. The molecule has 0 spiro atoms. The molecule has 2 aromatic rings. The van der Waals surface area contributed by atoms with Crippen molar-refractivity contribution in [1.82, 2.24) is 9.58 Å². The van der Waals surface area contributed by atoms with Crippen LogP contribution in [0.1, 0.15) is 18.5 Å². The molecule has 4 rings (SSSR count). The number of amides is 1. The zero-order chi connectivity index (χ0) is 18.6. The minimum Gasteiger partial charge on any atom is -0.317 e. The first-order chi connectivity index (χ1) is 12.4. The predicted molar refractivity (Wildman–Crippen MR) is 102 cm³/mol. The maximum atomic E-state index is 13.3. The van der Waals surface area contributed by atoms with Gasteiger partial charge >= 0.3 is 0 Å². The van der Waals surface area contributed by atoms with Crippen LogP contribution in [-0.4, -0.2) is 34.3 Å². The first-order valence-electron chi connectivity index (χ1n) is 8.41. The highest BCUT2D eigenvalue weighted by atomic mass is 35.5. The number of hydrogen-bond acceptors (Lipinski definition) is 4. The number of aryl methyl sites for hydroxylation is 1. The van der Waals surface area contributed by atoms with Crippen LogP contribution in [0.25, 0.3) is 0 Å². The lowest BCUT2D eigenvalue weighted by atomic mass is 9.88. The summed E-state index contributed by atoms with van der Waals surface area (Å²) < 4.78 is 1.49. The van der Waals surface area contributed by atoms with Crippen LogP contribution in [0.3, 0.4) is 0 Å². The monoisotopic (exact) mass is 370 g/mol. The van der Waals surface area contributed by atoms with Crippen molar-refractivity contribution in [3.63, 3.8) is 0 Å². The minimum atomic E-state index is -0.340. The standard InChI is InChI=1S/C19H19ClN4O2/c1-11-16-17(12-4-6-13(20)7-5-12)24(19(26)18(16)23(3)21-11)14-8-9-15(25)22(2)10-14/h4-10,16-18H,1-3H3.